The zero-order valence-corrected chi connectivity index (χ0v) is 13.2. The number of guanidine groups is 1. The molecule has 0 saturated carbocycles. The van der Waals surface area contributed by atoms with E-state index in [0.717, 1.165) is 35.9 Å². The van der Waals surface area contributed by atoms with Gasteiger partial charge in [-0.2, -0.15) is 0 Å². The first-order valence-corrected chi connectivity index (χ1v) is 7.62. The number of nitrogens with zero attached hydrogens (tertiary/aromatic N) is 1. The largest absolute Gasteiger partial charge is 0.385 e. The third kappa shape index (κ3) is 6.37. The third-order valence-electron chi connectivity index (χ3n) is 2.18. The SMILES string of the molecule is CCNC(=NCc1ccc(Br)s1)NCCCOC. The van der Waals surface area contributed by atoms with Gasteiger partial charge in [-0.3, -0.25) is 0 Å². The molecule has 0 saturated heterocycles. The van der Waals surface area contributed by atoms with Gasteiger partial charge >= 0.3 is 0 Å². The van der Waals surface area contributed by atoms with Crippen LogP contribution in [-0.4, -0.2) is 32.8 Å². The van der Waals surface area contributed by atoms with Gasteiger partial charge in [-0.25, -0.2) is 4.99 Å². The highest BCUT2D eigenvalue weighted by molar-refractivity contribution is 9.11. The van der Waals surface area contributed by atoms with E-state index in [1.54, 1.807) is 18.4 Å². The van der Waals surface area contributed by atoms with Crippen LogP contribution in [0.3, 0.4) is 0 Å². The molecule has 0 aliphatic carbocycles. The highest BCUT2D eigenvalue weighted by Crippen LogP contribution is 2.22. The number of nitrogens with one attached hydrogen (secondary N) is 2. The Kier molecular flexibility index (Phi) is 8.04. The summed E-state index contributed by atoms with van der Waals surface area (Å²) in [7, 11) is 1.72. The molecule has 0 radical (unpaired) electrons. The van der Waals surface area contributed by atoms with E-state index in [-0.39, 0.29) is 0 Å². The molecule has 0 aromatic carbocycles. The van der Waals surface area contributed by atoms with Gasteiger partial charge in [-0.1, -0.05) is 0 Å². The van der Waals surface area contributed by atoms with Crippen LogP contribution in [0.15, 0.2) is 20.9 Å². The van der Waals surface area contributed by atoms with Crippen LogP contribution < -0.4 is 10.6 Å². The summed E-state index contributed by atoms with van der Waals surface area (Å²) in [6.45, 7) is 5.27. The number of hydrogen-bond donors (Lipinski definition) is 2. The van der Waals surface area contributed by atoms with E-state index in [4.69, 9.17) is 4.74 Å². The van der Waals surface area contributed by atoms with Crippen LogP contribution >= 0.6 is 27.3 Å². The van der Waals surface area contributed by atoms with Gasteiger partial charge in [-0.15, -0.1) is 11.3 Å². The van der Waals surface area contributed by atoms with Crippen molar-refractivity contribution >= 4 is 33.2 Å². The fourth-order valence-electron chi connectivity index (χ4n) is 1.36. The first-order valence-electron chi connectivity index (χ1n) is 6.01. The molecule has 4 nitrogen and oxygen atoms in total. The van der Waals surface area contributed by atoms with Gasteiger partial charge in [0.1, 0.15) is 0 Å². The van der Waals surface area contributed by atoms with Crippen LogP contribution in [0, 0.1) is 0 Å². The highest BCUT2D eigenvalue weighted by atomic mass is 79.9. The summed E-state index contributed by atoms with van der Waals surface area (Å²) in [5.41, 5.74) is 0. The first-order chi connectivity index (χ1) is 8.76. The maximum Gasteiger partial charge on any atom is 0.191 e. The summed E-state index contributed by atoms with van der Waals surface area (Å²) in [5.74, 6) is 0.859. The quantitative estimate of drug-likeness (QED) is 0.458. The Hall–Kier alpha value is -0.590. The Balaban J connectivity index is 2.39. The Labute approximate surface area is 121 Å². The number of methoxy groups -OCH3 is 1. The van der Waals surface area contributed by atoms with Crippen molar-refractivity contribution in [1.82, 2.24) is 10.6 Å². The lowest BCUT2D eigenvalue weighted by molar-refractivity contribution is 0.195. The first kappa shape index (κ1) is 15.5. The molecule has 6 heteroatoms. The van der Waals surface area contributed by atoms with Gasteiger partial charge in [0.05, 0.1) is 10.3 Å². The van der Waals surface area contributed by atoms with Crippen molar-refractivity contribution in [2.45, 2.75) is 19.9 Å². The van der Waals surface area contributed by atoms with E-state index in [1.165, 1.54) is 4.88 Å². The minimum Gasteiger partial charge on any atom is -0.385 e. The minimum absolute atomic E-state index is 0.704. The van der Waals surface area contributed by atoms with Gasteiger partial charge in [-0.05, 0) is 41.4 Å². The molecule has 2 N–H and O–H groups in total. The molecule has 102 valence electrons. The molecule has 1 heterocycles. The number of rotatable bonds is 7. The van der Waals surface area contributed by atoms with E-state index in [9.17, 15) is 0 Å². The van der Waals surface area contributed by atoms with Gasteiger partial charge in [0.15, 0.2) is 5.96 Å². The predicted molar refractivity (Wildman–Crippen MR) is 81.3 cm³/mol. The van der Waals surface area contributed by atoms with Crippen molar-refractivity contribution in [3.05, 3.63) is 20.8 Å². The summed E-state index contributed by atoms with van der Waals surface area (Å²) in [5, 5.41) is 6.51. The van der Waals surface area contributed by atoms with Crippen LogP contribution in [0.4, 0.5) is 0 Å². The molecule has 0 bridgehead atoms. The number of halogens is 1. The molecule has 0 aliphatic heterocycles. The fourth-order valence-corrected chi connectivity index (χ4v) is 2.77. The fraction of sp³-hybridized carbons (Fsp3) is 0.583. The van der Waals surface area contributed by atoms with Gasteiger partial charge in [0.2, 0.25) is 0 Å². The molecule has 0 atom stereocenters. The average Bonchev–Trinajstić information content (AvgIpc) is 2.77. The summed E-state index contributed by atoms with van der Waals surface area (Å²) < 4.78 is 6.16. The van der Waals surface area contributed by atoms with E-state index >= 15 is 0 Å². The summed E-state index contributed by atoms with van der Waals surface area (Å²) in [6, 6.07) is 4.14. The van der Waals surface area contributed by atoms with E-state index in [2.05, 4.69) is 50.6 Å². The van der Waals surface area contributed by atoms with Crippen molar-refractivity contribution in [3.63, 3.8) is 0 Å². The Bertz CT molecular complexity index is 368. The maximum absolute atomic E-state index is 5.01. The highest BCUT2D eigenvalue weighted by Gasteiger charge is 1.99. The topological polar surface area (TPSA) is 45.7 Å². The lowest BCUT2D eigenvalue weighted by atomic mass is 10.4. The second-order valence-electron chi connectivity index (χ2n) is 3.67. The van der Waals surface area contributed by atoms with Crippen LogP contribution in [0.2, 0.25) is 0 Å². The molecule has 0 amide bonds. The van der Waals surface area contributed by atoms with E-state index < -0.39 is 0 Å². The molecule has 0 unspecified atom stereocenters. The Morgan fingerprint density at radius 2 is 2.28 bits per heavy atom. The lowest BCUT2D eigenvalue weighted by Crippen LogP contribution is -2.38. The average molecular weight is 334 g/mol. The molecule has 0 aliphatic rings. The maximum atomic E-state index is 5.01. The Morgan fingerprint density at radius 3 is 2.89 bits per heavy atom. The van der Waals surface area contributed by atoms with Crippen molar-refractivity contribution in [2.75, 3.05) is 26.8 Å². The molecule has 1 aromatic heterocycles. The van der Waals surface area contributed by atoms with Crippen LogP contribution in [0.25, 0.3) is 0 Å². The van der Waals surface area contributed by atoms with Gasteiger partial charge in [0, 0.05) is 31.7 Å². The molecule has 18 heavy (non-hydrogen) atoms. The molecule has 1 rings (SSSR count). The molecule has 0 spiro atoms. The lowest BCUT2D eigenvalue weighted by Gasteiger charge is -2.10. The zero-order chi connectivity index (χ0) is 13.2. The number of hydrogen-bond acceptors (Lipinski definition) is 3. The van der Waals surface area contributed by atoms with Crippen LogP contribution in [0.5, 0.6) is 0 Å². The molecular weight excluding hydrogens is 314 g/mol. The van der Waals surface area contributed by atoms with E-state index in [0.29, 0.717) is 6.54 Å². The number of aliphatic imine (C=N–C) groups is 1. The van der Waals surface area contributed by atoms with Gasteiger partial charge < -0.3 is 15.4 Å². The van der Waals surface area contributed by atoms with Crippen LogP contribution in [-0.2, 0) is 11.3 Å². The number of thiophene rings is 1. The minimum atomic E-state index is 0.704. The zero-order valence-electron chi connectivity index (χ0n) is 10.8. The molecular formula is C12H20BrN3OS. The van der Waals surface area contributed by atoms with Gasteiger partial charge in [0.25, 0.3) is 0 Å². The smallest absolute Gasteiger partial charge is 0.191 e. The second kappa shape index (κ2) is 9.35. The summed E-state index contributed by atoms with van der Waals surface area (Å²) in [4.78, 5) is 5.78. The van der Waals surface area contributed by atoms with Crippen molar-refractivity contribution in [3.8, 4) is 0 Å². The number of ether oxygens (including phenoxy) is 1. The standard InChI is InChI=1S/C12H20BrN3OS/c1-3-14-12(15-7-4-8-17-2)16-9-10-5-6-11(13)18-10/h5-6H,3-4,7-9H2,1-2H3,(H2,14,15,16). The van der Waals surface area contributed by atoms with Crippen molar-refractivity contribution in [2.24, 2.45) is 4.99 Å². The van der Waals surface area contributed by atoms with Crippen LogP contribution in [0.1, 0.15) is 18.2 Å². The Morgan fingerprint density at radius 1 is 1.44 bits per heavy atom. The predicted octanol–water partition coefficient (Wildman–Crippen LogP) is 2.60. The molecule has 0 fully saturated rings. The summed E-state index contributed by atoms with van der Waals surface area (Å²) >= 11 is 5.17. The monoisotopic (exact) mass is 333 g/mol. The van der Waals surface area contributed by atoms with E-state index in [1.807, 2.05) is 0 Å². The third-order valence-corrected chi connectivity index (χ3v) is 3.79. The summed E-state index contributed by atoms with van der Waals surface area (Å²) in [6.07, 6.45) is 0.978. The molecule has 1 aromatic rings. The second-order valence-corrected chi connectivity index (χ2v) is 6.22. The van der Waals surface area contributed by atoms with Crippen molar-refractivity contribution in [1.29, 1.82) is 0 Å². The normalized spacial score (nSPS) is 11.6. The van der Waals surface area contributed by atoms with Crippen molar-refractivity contribution < 1.29 is 4.74 Å².